The molecule has 0 bridgehead atoms. The first kappa shape index (κ1) is 15.4. The van der Waals surface area contributed by atoms with Gasteiger partial charge in [-0.05, 0) is 36.2 Å². The Morgan fingerprint density at radius 3 is 2.52 bits per heavy atom. The zero-order chi connectivity index (χ0) is 16.6. The highest BCUT2D eigenvalue weighted by molar-refractivity contribution is 7.84. The van der Waals surface area contributed by atoms with E-state index in [1.54, 1.807) is 41.5 Å². The minimum absolute atomic E-state index is 0.0276. The number of hydrogen-bond acceptors (Lipinski definition) is 4. The third-order valence-corrected chi connectivity index (χ3v) is 4.79. The van der Waals surface area contributed by atoms with Crippen molar-refractivity contribution in [2.75, 3.05) is 17.7 Å². The molecule has 118 valence electrons. The monoisotopic (exact) mass is 330 g/mol. The average Bonchev–Trinajstić information content (AvgIpc) is 2.97. The molecule has 3 rings (SSSR count). The molecule has 1 aliphatic heterocycles. The molecule has 0 saturated heterocycles. The summed E-state index contributed by atoms with van der Waals surface area (Å²) < 4.78 is 11.4. The Labute approximate surface area is 135 Å². The summed E-state index contributed by atoms with van der Waals surface area (Å²) in [5, 5.41) is 10.9. The number of fused-ring (bicyclic) bond motifs is 1. The van der Waals surface area contributed by atoms with Gasteiger partial charge in [-0.25, -0.2) is 0 Å². The standard InChI is InChI=1S/C16H14N2O4S/c1-23(22)14-6-3-12(4-7-14)16(19)17-9-8-11-2-5-13(18(20)21)10-15(11)17/h2-7,10H,8-9H2,1H3. The minimum atomic E-state index is -1.10. The second kappa shape index (κ2) is 5.92. The van der Waals surface area contributed by atoms with Gasteiger partial charge < -0.3 is 4.90 Å². The molecule has 2 aromatic rings. The van der Waals surface area contributed by atoms with E-state index < -0.39 is 15.7 Å². The maximum Gasteiger partial charge on any atom is 0.271 e. The molecule has 6 nitrogen and oxygen atoms in total. The van der Waals surface area contributed by atoms with Crippen LogP contribution in [0, 0.1) is 10.1 Å². The van der Waals surface area contributed by atoms with Crippen LogP contribution in [0.3, 0.4) is 0 Å². The maximum absolute atomic E-state index is 12.7. The van der Waals surface area contributed by atoms with Gasteiger partial charge in [-0.3, -0.25) is 19.1 Å². The van der Waals surface area contributed by atoms with Crippen molar-refractivity contribution >= 4 is 28.1 Å². The summed E-state index contributed by atoms with van der Waals surface area (Å²) in [6.07, 6.45) is 2.25. The van der Waals surface area contributed by atoms with Crippen molar-refractivity contribution < 1.29 is 13.9 Å². The predicted octanol–water partition coefficient (Wildman–Crippen LogP) is 2.54. The van der Waals surface area contributed by atoms with Gasteiger partial charge in [0, 0.05) is 46.2 Å². The van der Waals surface area contributed by atoms with Gasteiger partial charge in [-0.15, -0.1) is 0 Å². The number of carbonyl (C=O) groups is 1. The number of amides is 1. The summed E-state index contributed by atoms with van der Waals surface area (Å²) in [6.45, 7) is 0.497. The average molecular weight is 330 g/mol. The lowest BCUT2D eigenvalue weighted by Gasteiger charge is -2.17. The van der Waals surface area contributed by atoms with Crippen LogP contribution in [0.5, 0.6) is 0 Å². The van der Waals surface area contributed by atoms with E-state index in [9.17, 15) is 19.1 Å². The Balaban J connectivity index is 1.92. The van der Waals surface area contributed by atoms with Gasteiger partial charge in [0.1, 0.15) is 0 Å². The molecule has 0 N–H and O–H groups in total. The highest BCUT2D eigenvalue weighted by Gasteiger charge is 2.27. The van der Waals surface area contributed by atoms with Gasteiger partial charge in [0.15, 0.2) is 0 Å². The normalized spacial score (nSPS) is 14.4. The first-order valence-corrected chi connectivity index (χ1v) is 8.56. The Kier molecular flexibility index (Phi) is 3.96. The molecule has 1 atom stereocenters. The fraction of sp³-hybridized carbons (Fsp3) is 0.188. The fourth-order valence-corrected chi connectivity index (χ4v) is 3.16. The number of nitro benzene ring substituents is 1. The molecule has 0 aromatic heterocycles. The van der Waals surface area contributed by atoms with E-state index in [0.717, 1.165) is 5.56 Å². The number of hydrogen-bond donors (Lipinski definition) is 0. The summed E-state index contributed by atoms with van der Waals surface area (Å²) in [4.78, 5) is 25.3. The predicted molar refractivity (Wildman–Crippen MR) is 87.3 cm³/mol. The van der Waals surface area contributed by atoms with Gasteiger partial charge >= 0.3 is 0 Å². The van der Waals surface area contributed by atoms with Crippen molar-refractivity contribution in [1.29, 1.82) is 0 Å². The summed E-state index contributed by atoms with van der Waals surface area (Å²) in [5.74, 6) is -0.210. The zero-order valence-corrected chi connectivity index (χ0v) is 13.2. The number of benzene rings is 2. The van der Waals surface area contributed by atoms with Crippen molar-refractivity contribution in [2.24, 2.45) is 0 Å². The minimum Gasteiger partial charge on any atom is -0.308 e. The third-order valence-electron chi connectivity index (χ3n) is 3.85. The molecule has 2 aromatic carbocycles. The second-order valence-corrected chi connectivity index (χ2v) is 6.64. The van der Waals surface area contributed by atoms with E-state index >= 15 is 0 Å². The molecular formula is C16H14N2O4S. The summed E-state index contributed by atoms with van der Waals surface area (Å²) in [5.41, 5.74) is 1.96. The van der Waals surface area contributed by atoms with Crippen LogP contribution < -0.4 is 4.90 Å². The van der Waals surface area contributed by atoms with Gasteiger partial charge in [0.2, 0.25) is 0 Å². The van der Waals surface area contributed by atoms with Crippen molar-refractivity contribution in [3.8, 4) is 0 Å². The summed E-state index contributed by atoms with van der Waals surface area (Å²) in [6, 6.07) is 11.2. The quantitative estimate of drug-likeness (QED) is 0.640. The van der Waals surface area contributed by atoms with Crippen molar-refractivity contribution in [3.63, 3.8) is 0 Å². The molecule has 1 aliphatic rings. The van der Waals surface area contributed by atoms with Crippen molar-refractivity contribution in [2.45, 2.75) is 11.3 Å². The lowest BCUT2D eigenvalue weighted by atomic mass is 10.1. The van der Waals surface area contributed by atoms with E-state index in [4.69, 9.17) is 0 Å². The van der Waals surface area contributed by atoms with E-state index in [-0.39, 0.29) is 11.6 Å². The van der Waals surface area contributed by atoms with Gasteiger partial charge in [0.05, 0.1) is 10.6 Å². The van der Waals surface area contributed by atoms with Crippen molar-refractivity contribution in [1.82, 2.24) is 0 Å². The van der Waals surface area contributed by atoms with Crippen LogP contribution in [0.15, 0.2) is 47.4 Å². The number of non-ortho nitro benzene ring substituents is 1. The number of rotatable bonds is 3. The first-order valence-electron chi connectivity index (χ1n) is 7.00. The second-order valence-electron chi connectivity index (χ2n) is 5.26. The third kappa shape index (κ3) is 2.87. The first-order chi connectivity index (χ1) is 11.0. The molecule has 23 heavy (non-hydrogen) atoms. The largest absolute Gasteiger partial charge is 0.308 e. The number of nitro groups is 1. The van der Waals surface area contributed by atoms with Crippen LogP contribution in [-0.4, -0.2) is 27.8 Å². The Bertz CT molecular complexity index is 817. The maximum atomic E-state index is 12.7. The highest BCUT2D eigenvalue weighted by Crippen LogP contribution is 2.32. The van der Waals surface area contributed by atoms with Crippen LogP contribution in [0.1, 0.15) is 15.9 Å². The van der Waals surface area contributed by atoms with Crippen LogP contribution >= 0.6 is 0 Å². The molecule has 0 saturated carbocycles. The SMILES string of the molecule is CS(=O)c1ccc(C(=O)N2CCc3ccc([N+](=O)[O-])cc32)cc1. The Hall–Kier alpha value is -2.54. The molecule has 0 radical (unpaired) electrons. The van der Waals surface area contributed by atoms with Crippen LogP contribution in [0.25, 0.3) is 0 Å². The van der Waals surface area contributed by atoms with Crippen LogP contribution in [0.4, 0.5) is 11.4 Å². The lowest BCUT2D eigenvalue weighted by molar-refractivity contribution is -0.384. The molecule has 1 heterocycles. The van der Waals surface area contributed by atoms with Gasteiger partial charge in [-0.1, -0.05) is 6.07 Å². The van der Waals surface area contributed by atoms with E-state index in [0.29, 0.717) is 29.1 Å². The topological polar surface area (TPSA) is 80.5 Å². The van der Waals surface area contributed by atoms with Gasteiger partial charge in [-0.2, -0.15) is 0 Å². The molecule has 0 fully saturated rings. The lowest BCUT2D eigenvalue weighted by Crippen LogP contribution is -2.28. The molecule has 0 spiro atoms. The highest BCUT2D eigenvalue weighted by atomic mass is 32.2. The van der Waals surface area contributed by atoms with Crippen LogP contribution in [0.2, 0.25) is 0 Å². The number of carbonyl (C=O) groups excluding carboxylic acids is 1. The van der Waals surface area contributed by atoms with E-state index in [2.05, 4.69) is 0 Å². The van der Waals surface area contributed by atoms with Crippen LogP contribution in [-0.2, 0) is 17.2 Å². The molecule has 7 heteroatoms. The smallest absolute Gasteiger partial charge is 0.271 e. The Morgan fingerprint density at radius 2 is 1.91 bits per heavy atom. The Morgan fingerprint density at radius 1 is 1.22 bits per heavy atom. The summed E-state index contributed by atoms with van der Waals surface area (Å²) in [7, 11) is -1.10. The van der Waals surface area contributed by atoms with E-state index in [1.807, 2.05) is 0 Å². The van der Waals surface area contributed by atoms with Gasteiger partial charge in [0.25, 0.3) is 11.6 Å². The van der Waals surface area contributed by atoms with Crippen molar-refractivity contribution in [3.05, 3.63) is 63.7 Å². The zero-order valence-electron chi connectivity index (χ0n) is 12.4. The molecule has 1 unspecified atom stereocenters. The number of nitrogens with zero attached hydrogens (tertiary/aromatic N) is 2. The summed E-state index contributed by atoms with van der Waals surface area (Å²) >= 11 is 0. The number of anilines is 1. The molecule has 0 aliphatic carbocycles. The molecular weight excluding hydrogens is 316 g/mol. The molecule has 1 amide bonds. The fourth-order valence-electron chi connectivity index (χ4n) is 2.64. The van der Waals surface area contributed by atoms with E-state index in [1.165, 1.54) is 12.1 Å².